The highest BCUT2D eigenvalue weighted by Crippen LogP contribution is 2.76. The summed E-state index contributed by atoms with van der Waals surface area (Å²) >= 11 is 0. The van der Waals surface area contributed by atoms with Crippen molar-refractivity contribution in [2.45, 2.75) is 76.0 Å². The summed E-state index contributed by atoms with van der Waals surface area (Å²) in [5, 5.41) is 11.6. The number of carbonyl (C=O) groups is 2. The Bertz CT molecular complexity index is 628. The molecule has 0 aliphatic heterocycles. The number of rotatable bonds is 3. The lowest BCUT2D eigenvalue weighted by Crippen LogP contribution is -2.99. The third kappa shape index (κ3) is 2.29. The van der Waals surface area contributed by atoms with Gasteiger partial charge in [-0.15, -0.1) is 0 Å². The zero-order chi connectivity index (χ0) is 18.3. The Morgan fingerprint density at radius 1 is 1.12 bits per heavy atom. The number of quaternary nitrogens is 1. The second kappa shape index (κ2) is 4.97. The number of methoxy groups -OCH3 is 1. The first kappa shape index (κ1) is 17.3. The van der Waals surface area contributed by atoms with Crippen molar-refractivity contribution in [3.05, 3.63) is 0 Å². The first-order valence-electron chi connectivity index (χ1n) is 9.43. The van der Waals surface area contributed by atoms with Crippen LogP contribution in [-0.2, 0) is 14.3 Å². The molecule has 1 spiro atoms. The number of hydrogen-bond donors (Lipinski definition) is 2. The van der Waals surface area contributed by atoms with Gasteiger partial charge in [0.25, 0.3) is 0 Å². The molecule has 6 atom stereocenters. The van der Waals surface area contributed by atoms with Gasteiger partial charge in [0.05, 0.1) is 5.60 Å². The molecule has 6 unspecified atom stereocenters. The average molecular weight is 352 g/mol. The van der Waals surface area contributed by atoms with Crippen LogP contribution in [-0.4, -0.2) is 41.0 Å². The van der Waals surface area contributed by atoms with Crippen molar-refractivity contribution in [2.75, 3.05) is 7.11 Å². The van der Waals surface area contributed by atoms with Crippen molar-refractivity contribution in [1.82, 2.24) is 0 Å². The molecule has 4 bridgehead atoms. The molecule has 6 heteroatoms. The molecule has 5 aliphatic rings. The van der Waals surface area contributed by atoms with Gasteiger partial charge in [-0.2, -0.15) is 4.79 Å². The van der Waals surface area contributed by atoms with E-state index >= 15 is 0 Å². The molecule has 5 rings (SSSR count). The zero-order valence-corrected chi connectivity index (χ0v) is 15.6. The molecule has 0 aromatic rings. The minimum atomic E-state index is -1.07. The second-order valence-electron chi connectivity index (χ2n) is 9.94. The van der Waals surface area contributed by atoms with Crippen molar-refractivity contribution in [1.29, 1.82) is 0 Å². The van der Waals surface area contributed by atoms with Gasteiger partial charge < -0.3 is 14.6 Å². The van der Waals surface area contributed by atoms with Gasteiger partial charge in [-0.25, -0.2) is 10.1 Å². The van der Waals surface area contributed by atoms with E-state index in [1.54, 1.807) is 27.9 Å². The number of hydrogen-bond acceptors (Lipinski definition) is 4. The molecule has 3 N–H and O–H groups in total. The molecule has 6 nitrogen and oxygen atoms in total. The van der Waals surface area contributed by atoms with E-state index in [4.69, 9.17) is 9.47 Å². The predicted octanol–water partition coefficient (Wildman–Crippen LogP) is 1.92. The first-order chi connectivity index (χ1) is 11.6. The quantitative estimate of drug-likeness (QED) is 0.810. The molecular formula is C19H30NO5+. The zero-order valence-electron chi connectivity index (χ0n) is 15.6. The molecule has 0 saturated heterocycles. The van der Waals surface area contributed by atoms with Gasteiger partial charge in [0.15, 0.2) is 0 Å². The Labute approximate surface area is 148 Å². The fraction of sp³-hybridized carbons (Fsp3) is 0.895. The van der Waals surface area contributed by atoms with Gasteiger partial charge >= 0.3 is 12.1 Å². The minimum absolute atomic E-state index is 0.0392. The molecule has 0 aromatic carbocycles. The van der Waals surface area contributed by atoms with Crippen molar-refractivity contribution < 1.29 is 29.5 Å². The minimum Gasteiger partial charge on any atom is -0.477 e. The van der Waals surface area contributed by atoms with Crippen LogP contribution in [0.5, 0.6) is 0 Å². The fourth-order valence-corrected chi connectivity index (χ4v) is 6.88. The van der Waals surface area contributed by atoms with Crippen LogP contribution in [0.2, 0.25) is 0 Å². The Kier molecular flexibility index (Phi) is 3.44. The van der Waals surface area contributed by atoms with Crippen LogP contribution < -0.4 is 5.32 Å². The monoisotopic (exact) mass is 352 g/mol. The number of carbonyl (C=O) groups excluding carboxylic acids is 1. The molecule has 0 heterocycles. The Morgan fingerprint density at radius 3 is 2.40 bits per heavy atom. The molecule has 5 aliphatic carbocycles. The topological polar surface area (TPSA) is 89.4 Å². The molecule has 0 aromatic heterocycles. The van der Waals surface area contributed by atoms with Crippen molar-refractivity contribution in [2.24, 2.45) is 23.2 Å². The molecular weight excluding hydrogens is 322 g/mol. The smallest absolute Gasteiger partial charge is 0.477 e. The van der Waals surface area contributed by atoms with E-state index in [0.717, 1.165) is 32.1 Å². The second-order valence-corrected chi connectivity index (χ2v) is 9.94. The molecule has 1 amide bonds. The summed E-state index contributed by atoms with van der Waals surface area (Å²) in [4.78, 5) is 24.9. The van der Waals surface area contributed by atoms with Gasteiger partial charge in [-0.05, 0) is 71.1 Å². The van der Waals surface area contributed by atoms with Crippen LogP contribution in [0.4, 0.5) is 4.79 Å². The maximum absolute atomic E-state index is 12.5. The highest BCUT2D eigenvalue weighted by molar-refractivity contribution is 5.85. The van der Waals surface area contributed by atoms with Crippen LogP contribution in [0, 0.1) is 23.2 Å². The Balaban J connectivity index is 1.68. The predicted molar refractivity (Wildman–Crippen MR) is 88.9 cm³/mol. The molecule has 25 heavy (non-hydrogen) atoms. The first-order valence-corrected chi connectivity index (χ1v) is 9.43. The molecule has 5 fully saturated rings. The number of carboxylic acid groups (broad SMARTS) is 1. The highest BCUT2D eigenvalue weighted by atomic mass is 16.6. The Hall–Kier alpha value is -1.14. The van der Waals surface area contributed by atoms with Crippen molar-refractivity contribution >= 4 is 12.1 Å². The van der Waals surface area contributed by atoms with Gasteiger partial charge in [-0.1, -0.05) is 0 Å². The largest absolute Gasteiger partial charge is 0.514 e. The van der Waals surface area contributed by atoms with Gasteiger partial charge in [0, 0.05) is 18.4 Å². The SMILES string of the molecule is COC12CC3CC(C1)CC1(C2)C(C3)C1([NH2+]C(=O)OC(C)(C)C)C(=O)O. The van der Waals surface area contributed by atoms with Crippen molar-refractivity contribution in [3.63, 3.8) is 0 Å². The summed E-state index contributed by atoms with van der Waals surface area (Å²) in [6, 6.07) is 0. The summed E-state index contributed by atoms with van der Waals surface area (Å²) in [6.45, 7) is 5.42. The number of nitrogens with two attached hydrogens (primary N) is 1. The van der Waals surface area contributed by atoms with Crippen molar-refractivity contribution in [3.8, 4) is 0 Å². The summed E-state index contributed by atoms with van der Waals surface area (Å²) in [7, 11) is 1.77. The van der Waals surface area contributed by atoms with Crippen LogP contribution in [0.25, 0.3) is 0 Å². The normalized spacial score (nSPS) is 47.1. The number of primary amides is 1. The lowest BCUT2D eigenvalue weighted by atomic mass is 9.61. The summed E-state index contributed by atoms with van der Waals surface area (Å²) in [5.41, 5.74) is -2.22. The van der Waals surface area contributed by atoms with Crippen LogP contribution >= 0.6 is 0 Å². The van der Waals surface area contributed by atoms with Gasteiger partial charge in [-0.3, -0.25) is 0 Å². The summed E-state index contributed by atoms with van der Waals surface area (Å²) in [5.74, 6) is 0.209. The molecule has 0 radical (unpaired) electrons. The highest BCUT2D eigenvalue weighted by Gasteiger charge is 2.89. The lowest BCUT2D eigenvalue weighted by Gasteiger charge is -2.49. The van der Waals surface area contributed by atoms with E-state index in [9.17, 15) is 14.7 Å². The van der Waals surface area contributed by atoms with Gasteiger partial charge in [0.1, 0.15) is 5.60 Å². The van der Waals surface area contributed by atoms with E-state index in [-0.39, 0.29) is 16.9 Å². The fourth-order valence-electron chi connectivity index (χ4n) is 6.88. The number of amides is 1. The van der Waals surface area contributed by atoms with E-state index < -0.39 is 23.2 Å². The third-order valence-electron chi connectivity index (χ3n) is 7.34. The number of carboxylic acids is 1. The number of aliphatic carboxylic acids is 1. The van der Waals surface area contributed by atoms with E-state index in [1.807, 2.05) is 0 Å². The molecule has 5 saturated carbocycles. The van der Waals surface area contributed by atoms with Gasteiger partial charge in [0.2, 0.25) is 5.54 Å². The maximum atomic E-state index is 12.5. The summed E-state index contributed by atoms with van der Waals surface area (Å²) < 4.78 is 11.4. The Morgan fingerprint density at radius 2 is 1.80 bits per heavy atom. The van der Waals surface area contributed by atoms with Crippen LogP contribution in [0.3, 0.4) is 0 Å². The van der Waals surface area contributed by atoms with E-state index in [2.05, 4.69) is 0 Å². The van der Waals surface area contributed by atoms with Crippen LogP contribution in [0.15, 0.2) is 0 Å². The van der Waals surface area contributed by atoms with Crippen LogP contribution in [0.1, 0.15) is 59.3 Å². The maximum Gasteiger partial charge on any atom is 0.514 e. The lowest BCUT2D eigenvalue weighted by molar-refractivity contribution is -0.624. The summed E-state index contributed by atoms with van der Waals surface area (Å²) in [6.07, 6.45) is 5.33. The number of ether oxygens (including phenoxy) is 2. The standard InChI is InChI=1S/C19H29NO5/c1-16(2,3)25-15(23)20-19(14(21)22)13-6-11-5-12-8-17(7-11,24-4)10-18(13,19)9-12/h11-13H,5-10H2,1-4H3,(H,20,23)(H,21,22)/p+1. The third-order valence-corrected chi connectivity index (χ3v) is 7.34. The average Bonchev–Trinajstić information content (AvgIpc) is 3.01. The van der Waals surface area contributed by atoms with E-state index in [0.29, 0.717) is 11.8 Å². The van der Waals surface area contributed by atoms with E-state index in [1.165, 1.54) is 11.7 Å². The molecule has 140 valence electrons.